The summed E-state index contributed by atoms with van der Waals surface area (Å²) < 4.78 is 10.7. The molecule has 0 aliphatic carbocycles. The third-order valence-corrected chi connectivity index (χ3v) is 6.75. The number of nitrogens with zero attached hydrogens (tertiary/aromatic N) is 2. The smallest absolute Gasteiger partial charge is 0.345 e. The van der Waals surface area contributed by atoms with Crippen molar-refractivity contribution in [1.29, 1.82) is 0 Å². The molecule has 1 aliphatic heterocycles. The summed E-state index contributed by atoms with van der Waals surface area (Å²) >= 11 is 13.1. The van der Waals surface area contributed by atoms with Crippen LogP contribution in [-0.4, -0.2) is 34.0 Å². The first-order chi connectivity index (χ1) is 17.7. The first-order valence-corrected chi connectivity index (χ1v) is 12.1. The second-order valence-corrected chi connectivity index (χ2v) is 9.36. The zero-order valence-electron chi connectivity index (χ0n) is 19.0. The third-order valence-electron chi connectivity index (χ3n) is 5.23. The molecule has 0 N–H and O–H groups in total. The Balaban J connectivity index is 1.59. The van der Waals surface area contributed by atoms with Crippen molar-refractivity contribution < 1.29 is 28.8 Å². The normalized spacial score (nSPS) is 14.2. The molecule has 3 aromatic carbocycles. The van der Waals surface area contributed by atoms with Crippen LogP contribution in [0, 0.1) is 10.1 Å². The topological polar surface area (TPSA) is 116 Å². The van der Waals surface area contributed by atoms with Crippen LogP contribution in [0.1, 0.15) is 21.5 Å². The zero-order valence-corrected chi connectivity index (χ0v) is 21.3. The summed E-state index contributed by atoms with van der Waals surface area (Å²) in [6, 6.07) is 15.2. The highest BCUT2D eigenvalue weighted by atomic mass is 35.5. The highest BCUT2D eigenvalue weighted by molar-refractivity contribution is 8.18. The molecule has 0 radical (unpaired) electrons. The van der Waals surface area contributed by atoms with Gasteiger partial charge in [-0.25, -0.2) is 4.79 Å². The number of benzene rings is 3. The van der Waals surface area contributed by atoms with Crippen LogP contribution in [0.25, 0.3) is 6.08 Å². The molecule has 0 bridgehead atoms. The Kier molecular flexibility index (Phi) is 7.82. The quantitative estimate of drug-likeness (QED) is 0.108. The van der Waals surface area contributed by atoms with Crippen LogP contribution in [0.2, 0.25) is 10.0 Å². The maximum Gasteiger partial charge on any atom is 0.345 e. The summed E-state index contributed by atoms with van der Waals surface area (Å²) in [6.07, 6.45) is 1.43. The molecule has 0 unspecified atom stereocenters. The molecule has 9 nitrogen and oxygen atoms in total. The van der Waals surface area contributed by atoms with Crippen molar-refractivity contribution in [2.24, 2.45) is 0 Å². The number of halogens is 2. The Labute approximate surface area is 224 Å². The van der Waals surface area contributed by atoms with E-state index in [9.17, 15) is 24.5 Å². The molecule has 1 fully saturated rings. The lowest BCUT2D eigenvalue weighted by Crippen LogP contribution is -2.27. The van der Waals surface area contributed by atoms with Gasteiger partial charge in [-0.3, -0.25) is 24.6 Å². The van der Waals surface area contributed by atoms with Crippen LogP contribution >= 0.6 is 35.0 Å². The largest absolute Gasteiger partial charge is 0.493 e. The third kappa shape index (κ3) is 5.61. The van der Waals surface area contributed by atoms with E-state index in [4.69, 9.17) is 32.7 Å². The Morgan fingerprint density at radius 1 is 1.08 bits per heavy atom. The minimum absolute atomic E-state index is 0.0187. The number of ether oxygens (including phenoxy) is 2. The molecule has 0 saturated carbocycles. The number of amides is 2. The van der Waals surface area contributed by atoms with Gasteiger partial charge in [-0.2, -0.15) is 0 Å². The number of nitro benzene ring substituents is 1. The number of hydrogen-bond acceptors (Lipinski definition) is 8. The zero-order chi connectivity index (χ0) is 26.7. The van der Waals surface area contributed by atoms with E-state index in [0.717, 1.165) is 4.90 Å². The summed E-state index contributed by atoms with van der Waals surface area (Å²) in [5.74, 6) is -1.29. The van der Waals surface area contributed by atoms with Gasteiger partial charge < -0.3 is 9.47 Å². The summed E-state index contributed by atoms with van der Waals surface area (Å²) in [7, 11) is 1.35. The second-order valence-electron chi connectivity index (χ2n) is 7.56. The molecule has 2 amide bonds. The summed E-state index contributed by atoms with van der Waals surface area (Å²) in [5, 5.41) is 10.9. The van der Waals surface area contributed by atoms with Crippen molar-refractivity contribution in [2.45, 2.75) is 6.54 Å². The number of hydrogen-bond donors (Lipinski definition) is 0. The van der Waals surface area contributed by atoms with E-state index in [1.54, 1.807) is 24.3 Å². The van der Waals surface area contributed by atoms with Gasteiger partial charge in [0.25, 0.3) is 16.8 Å². The van der Waals surface area contributed by atoms with E-state index in [1.807, 2.05) is 0 Å². The summed E-state index contributed by atoms with van der Waals surface area (Å²) in [4.78, 5) is 49.8. The van der Waals surface area contributed by atoms with Gasteiger partial charge in [0.2, 0.25) is 0 Å². The van der Waals surface area contributed by atoms with Gasteiger partial charge in [-0.15, -0.1) is 0 Å². The number of thioether (sulfide) groups is 1. The molecule has 1 heterocycles. The predicted octanol–water partition coefficient (Wildman–Crippen LogP) is 6.37. The molecule has 3 aromatic rings. The van der Waals surface area contributed by atoms with Crippen LogP contribution in [-0.2, 0) is 11.3 Å². The first kappa shape index (κ1) is 26.2. The van der Waals surface area contributed by atoms with Gasteiger partial charge in [-0.05, 0) is 47.7 Å². The molecule has 12 heteroatoms. The number of carbonyl (C=O) groups is 3. The second kappa shape index (κ2) is 11.0. The van der Waals surface area contributed by atoms with Gasteiger partial charge in [0.1, 0.15) is 0 Å². The molecule has 37 heavy (non-hydrogen) atoms. The van der Waals surface area contributed by atoms with Crippen molar-refractivity contribution in [3.63, 3.8) is 0 Å². The Morgan fingerprint density at radius 3 is 2.49 bits per heavy atom. The maximum absolute atomic E-state index is 12.9. The molecule has 0 aromatic heterocycles. The van der Waals surface area contributed by atoms with Crippen molar-refractivity contribution in [2.75, 3.05) is 7.11 Å². The molecule has 0 spiro atoms. The molecule has 1 saturated heterocycles. The fourth-order valence-electron chi connectivity index (χ4n) is 3.48. The van der Waals surface area contributed by atoms with Crippen molar-refractivity contribution in [3.05, 3.63) is 102 Å². The van der Waals surface area contributed by atoms with E-state index in [1.165, 1.54) is 49.6 Å². The number of para-hydroxylation sites is 1. The number of esters is 1. The maximum atomic E-state index is 12.9. The minimum atomic E-state index is -0.741. The lowest BCUT2D eigenvalue weighted by atomic mass is 10.1. The fraction of sp³-hybridized carbons (Fsp3) is 0.0800. The standard InChI is InChI=1S/C25H16Cl2N2O7S/c1-35-20-11-14(10-18(27)22(20)36-24(31)16-7-3-4-8-17(16)26)12-21-23(30)28(25(32)37-21)13-15-6-2-5-9-19(15)29(33)34/h2-12H,13H2,1H3/b21-12-. The summed E-state index contributed by atoms with van der Waals surface area (Å²) in [5.41, 5.74) is 0.573. The Morgan fingerprint density at radius 2 is 1.78 bits per heavy atom. The van der Waals surface area contributed by atoms with Gasteiger partial charge in [0.15, 0.2) is 11.5 Å². The van der Waals surface area contributed by atoms with Gasteiger partial charge in [-0.1, -0.05) is 53.5 Å². The molecule has 1 aliphatic rings. The first-order valence-electron chi connectivity index (χ1n) is 10.5. The molecular weight excluding hydrogens is 543 g/mol. The molecule has 188 valence electrons. The monoisotopic (exact) mass is 558 g/mol. The number of carbonyl (C=O) groups excluding carboxylic acids is 3. The SMILES string of the molecule is COc1cc(/C=C2\SC(=O)N(Cc3ccccc3[N+](=O)[O-])C2=O)cc(Cl)c1OC(=O)c1ccccc1Cl. The predicted molar refractivity (Wildman–Crippen MR) is 139 cm³/mol. The van der Waals surface area contributed by atoms with E-state index in [-0.39, 0.29) is 49.8 Å². The van der Waals surface area contributed by atoms with E-state index in [2.05, 4.69) is 0 Å². The van der Waals surface area contributed by atoms with Crippen LogP contribution < -0.4 is 9.47 Å². The molecule has 0 atom stereocenters. The highest BCUT2D eigenvalue weighted by Gasteiger charge is 2.36. The van der Waals surface area contributed by atoms with Gasteiger partial charge in [0.05, 0.1) is 39.1 Å². The van der Waals surface area contributed by atoms with Gasteiger partial charge in [0, 0.05) is 11.6 Å². The number of imide groups is 1. The number of methoxy groups -OCH3 is 1. The number of nitro groups is 1. The average Bonchev–Trinajstić information content (AvgIpc) is 3.13. The van der Waals surface area contributed by atoms with Crippen LogP contribution in [0.4, 0.5) is 10.5 Å². The van der Waals surface area contributed by atoms with Crippen molar-refractivity contribution in [1.82, 2.24) is 4.90 Å². The lowest BCUT2D eigenvalue weighted by molar-refractivity contribution is -0.385. The molecule has 4 rings (SSSR count). The number of rotatable bonds is 7. The Bertz CT molecular complexity index is 1480. The van der Waals surface area contributed by atoms with E-state index < -0.39 is 22.0 Å². The van der Waals surface area contributed by atoms with Gasteiger partial charge >= 0.3 is 5.97 Å². The highest BCUT2D eigenvalue weighted by Crippen LogP contribution is 2.40. The minimum Gasteiger partial charge on any atom is -0.493 e. The van der Waals surface area contributed by atoms with Crippen LogP contribution in [0.15, 0.2) is 65.6 Å². The van der Waals surface area contributed by atoms with Crippen LogP contribution in [0.5, 0.6) is 11.5 Å². The lowest BCUT2D eigenvalue weighted by Gasteiger charge is -2.13. The average molecular weight is 559 g/mol. The molecular formula is C25H16Cl2N2O7S. The van der Waals surface area contributed by atoms with Crippen LogP contribution in [0.3, 0.4) is 0 Å². The fourth-order valence-corrected chi connectivity index (χ4v) is 4.79. The van der Waals surface area contributed by atoms with Crippen molar-refractivity contribution >= 4 is 63.8 Å². The summed E-state index contributed by atoms with van der Waals surface area (Å²) in [6.45, 7) is -0.250. The van der Waals surface area contributed by atoms with E-state index in [0.29, 0.717) is 17.3 Å². The van der Waals surface area contributed by atoms with Crippen molar-refractivity contribution in [3.8, 4) is 11.5 Å². The van der Waals surface area contributed by atoms with E-state index >= 15 is 0 Å². The Hall–Kier alpha value is -3.86.